The summed E-state index contributed by atoms with van der Waals surface area (Å²) in [5.41, 5.74) is 1.12. The Morgan fingerprint density at radius 3 is 3.18 bits per heavy atom. The fraction of sp³-hybridized carbons (Fsp3) is 0.588. The molecule has 2 aromatic rings. The molecule has 1 spiro atoms. The van der Waals surface area contributed by atoms with Crippen LogP contribution in [0.5, 0.6) is 0 Å². The Balaban J connectivity index is 1.37. The number of nitrogens with zero attached hydrogens (tertiary/aromatic N) is 2. The normalized spacial score (nSPS) is 37.2. The summed E-state index contributed by atoms with van der Waals surface area (Å²) in [6.07, 6.45) is 2.59. The molecule has 5 heteroatoms. The Kier molecular flexibility index (Phi) is 2.89. The van der Waals surface area contributed by atoms with Gasteiger partial charge in [0.2, 0.25) is 0 Å². The van der Waals surface area contributed by atoms with Crippen molar-refractivity contribution in [2.45, 2.75) is 31.1 Å². The quantitative estimate of drug-likeness (QED) is 0.943. The Bertz CT molecular complexity index is 685. The lowest BCUT2D eigenvalue weighted by Crippen LogP contribution is -2.37. The number of aromatic nitrogens is 1. The van der Waals surface area contributed by atoms with E-state index in [1.807, 2.05) is 6.07 Å². The summed E-state index contributed by atoms with van der Waals surface area (Å²) in [5, 5.41) is 10.9. The van der Waals surface area contributed by atoms with Gasteiger partial charge in [-0.1, -0.05) is 12.1 Å². The van der Waals surface area contributed by atoms with Crippen LogP contribution in [0.25, 0.3) is 10.2 Å². The summed E-state index contributed by atoms with van der Waals surface area (Å²) < 4.78 is 7.56. The molecular formula is C17H20N2O2S. The molecule has 3 fully saturated rings. The smallest absolute Gasteiger partial charge is 0.108 e. The second kappa shape index (κ2) is 4.74. The molecule has 0 unspecified atom stereocenters. The molecule has 3 aliphatic heterocycles. The number of aliphatic hydroxyl groups is 1. The van der Waals surface area contributed by atoms with Crippen LogP contribution in [0.3, 0.4) is 0 Å². The molecular weight excluding hydrogens is 296 g/mol. The van der Waals surface area contributed by atoms with Gasteiger partial charge in [0, 0.05) is 31.5 Å². The van der Waals surface area contributed by atoms with Crippen molar-refractivity contribution in [3.05, 3.63) is 29.3 Å². The molecule has 0 amide bonds. The lowest BCUT2D eigenvalue weighted by atomic mass is 9.74. The third kappa shape index (κ3) is 1.83. The van der Waals surface area contributed by atoms with E-state index in [2.05, 4.69) is 23.1 Å². The molecule has 1 N–H and O–H groups in total. The lowest BCUT2D eigenvalue weighted by molar-refractivity contribution is 0.000383. The molecule has 4 atom stereocenters. The average molecular weight is 316 g/mol. The van der Waals surface area contributed by atoms with Crippen molar-refractivity contribution in [3.63, 3.8) is 0 Å². The molecule has 2 bridgehead atoms. The summed E-state index contributed by atoms with van der Waals surface area (Å²) >= 11 is 1.79. The molecule has 0 aliphatic carbocycles. The van der Waals surface area contributed by atoms with Crippen LogP contribution >= 0.6 is 11.3 Å². The highest BCUT2D eigenvalue weighted by Crippen LogP contribution is 2.54. The standard InChI is InChI=1S/C17H20N2O2S/c20-9-11-12-7-19(10-17(12)6-5-14(11)21-17)8-16-18-13-3-1-2-4-15(13)22-16/h1-4,11-12,14,20H,5-10H2/t11-,12+,14+,17+/m1/s1. The topological polar surface area (TPSA) is 45.6 Å². The Hall–Kier alpha value is -1.01. The Morgan fingerprint density at radius 1 is 1.41 bits per heavy atom. The summed E-state index contributed by atoms with van der Waals surface area (Å²) in [4.78, 5) is 7.23. The van der Waals surface area contributed by atoms with E-state index >= 15 is 0 Å². The first-order valence-electron chi connectivity index (χ1n) is 8.13. The van der Waals surface area contributed by atoms with Gasteiger partial charge in [-0.25, -0.2) is 4.98 Å². The van der Waals surface area contributed by atoms with E-state index < -0.39 is 0 Å². The number of hydrogen-bond donors (Lipinski definition) is 1. The van der Waals surface area contributed by atoms with E-state index in [4.69, 9.17) is 9.72 Å². The zero-order valence-corrected chi connectivity index (χ0v) is 13.3. The molecule has 4 heterocycles. The number of rotatable bonds is 3. The molecule has 0 radical (unpaired) electrons. The summed E-state index contributed by atoms with van der Waals surface area (Å²) in [7, 11) is 0. The number of ether oxygens (including phenoxy) is 1. The van der Waals surface area contributed by atoms with Crippen molar-refractivity contribution in [1.82, 2.24) is 9.88 Å². The van der Waals surface area contributed by atoms with Crippen molar-refractivity contribution < 1.29 is 9.84 Å². The number of fused-ring (bicyclic) bond motifs is 2. The fourth-order valence-electron chi connectivity index (χ4n) is 4.83. The van der Waals surface area contributed by atoms with Crippen molar-refractivity contribution >= 4 is 21.6 Å². The monoisotopic (exact) mass is 316 g/mol. The predicted molar refractivity (Wildman–Crippen MR) is 85.8 cm³/mol. The van der Waals surface area contributed by atoms with Gasteiger partial charge in [-0.2, -0.15) is 0 Å². The van der Waals surface area contributed by atoms with Crippen LogP contribution in [-0.4, -0.2) is 46.4 Å². The number of aliphatic hydroxyl groups excluding tert-OH is 1. The Labute approximate surface area is 133 Å². The van der Waals surface area contributed by atoms with Crippen LogP contribution in [0.15, 0.2) is 24.3 Å². The van der Waals surface area contributed by atoms with Crippen LogP contribution in [-0.2, 0) is 11.3 Å². The fourth-order valence-corrected chi connectivity index (χ4v) is 5.84. The van der Waals surface area contributed by atoms with Crippen LogP contribution < -0.4 is 0 Å². The molecule has 1 aromatic carbocycles. The highest BCUT2D eigenvalue weighted by Gasteiger charge is 2.62. The van der Waals surface area contributed by atoms with Gasteiger partial charge in [-0.15, -0.1) is 11.3 Å². The maximum Gasteiger partial charge on any atom is 0.108 e. The van der Waals surface area contributed by atoms with Gasteiger partial charge in [0.05, 0.1) is 28.5 Å². The third-order valence-electron chi connectivity index (χ3n) is 5.76. The molecule has 22 heavy (non-hydrogen) atoms. The first kappa shape index (κ1) is 13.4. The molecule has 0 saturated carbocycles. The van der Waals surface area contributed by atoms with Crippen LogP contribution in [0, 0.1) is 11.8 Å². The number of para-hydroxylation sites is 1. The van der Waals surface area contributed by atoms with Gasteiger partial charge in [-0.05, 0) is 25.0 Å². The van der Waals surface area contributed by atoms with E-state index in [1.54, 1.807) is 11.3 Å². The van der Waals surface area contributed by atoms with Gasteiger partial charge in [0.25, 0.3) is 0 Å². The summed E-state index contributed by atoms with van der Waals surface area (Å²) in [5.74, 6) is 0.847. The van der Waals surface area contributed by atoms with Crippen molar-refractivity contribution in [1.29, 1.82) is 0 Å². The zero-order chi connectivity index (χ0) is 14.7. The van der Waals surface area contributed by atoms with E-state index in [-0.39, 0.29) is 12.2 Å². The van der Waals surface area contributed by atoms with Gasteiger partial charge < -0.3 is 9.84 Å². The van der Waals surface area contributed by atoms with Gasteiger partial charge in [0.15, 0.2) is 0 Å². The summed E-state index contributed by atoms with van der Waals surface area (Å²) in [6.45, 7) is 3.22. The molecule has 116 valence electrons. The molecule has 3 saturated heterocycles. The lowest BCUT2D eigenvalue weighted by Gasteiger charge is -2.28. The second-order valence-electron chi connectivity index (χ2n) is 6.96. The minimum Gasteiger partial charge on any atom is -0.396 e. The van der Waals surface area contributed by atoms with Crippen molar-refractivity contribution in [3.8, 4) is 0 Å². The number of benzene rings is 1. The molecule has 3 aliphatic rings. The van der Waals surface area contributed by atoms with E-state index in [0.29, 0.717) is 17.9 Å². The van der Waals surface area contributed by atoms with Crippen LogP contribution in [0.1, 0.15) is 17.8 Å². The highest BCUT2D eigenvalue weighted by molar-refractivity contribution is 7.18. The predicted octanol–water partition coefficient (Wildman–Crippen LogP) is 2.27. The first-order chi connectivity index (χ1) is 10.8. The number of hydrogen-bond acceptors (Lipinski definition) is 5. The SMILES string of the molecule is OC[C@H]1[C@@H]2CC[C@@]3(CN(Cc4nc5ccccc5s4)C[C@@H]13)O2. The third-order valence-corrected chi connectivity index (χ3v) is 6.78. The van der Waals surface area contributed by atoms with Crippen LogP contribution in [0.2, 0.25) is 0 Å². The second-order valence-corrected chi connectivity index (χ2v) is 8.07. The molecule has 4 nitrogen and oxygen atoms in total. The van der Waals surface area contributed by atoms with Crippen molar-refractivity contribution in [2.24, 2.45) is 11.8 Å². The highest BCUT2D eigenvalue weighted by atomic mass is 32.1. The zero-order valence-electron chi connectivity index (χ0n) is 12.4. The number of likely N-dealkylation sites (tertiary alicyclic amines) is 1. The largest absolute Gasteiger partial charge is 0.396 e. The Morgan fingerprint density at radius 2 is 2.32 bits per heavy atom. The van der Waals surface area contributed by atoms with Crippen molar-refractivity contribution in [2.75, 3.05) is 19.7 Å². The van der Waals surface area contributed by atoms with E-state index in [0.717, 1.165) is 38.0 Å². The minimum absolute atomic E-state index is 0.0226. The van der Waals surface area contributed by atoms with E-state index in [9.17, 15) is 5.11 Å². The first-order valence-corrected chi connectivity index (χ1v) is 8.94. The molecule has 1 aromatic heterocycles. The van der Waals surface area contributed by atoms with Gasteiger partial charge in [0.1, 0.15) is 5.01 Å². The molecule has 5 rings (SSSR count). The van der Waals surface area contributed by atoms with Gasteiger partial charge in [-0.3, -0.25) is 4.90 Å². The maximum absolute atomic E-state index is 9.69. The maximum atomic E-state index is 9.69. The van der Waals surface area contributed by atoms with Crippen LogP contribution in [0.4, 0.5) is 0 Å². The van der Waals surface area contributed by atoms with E-state index in [1.165, 1.54) is 9.71 Å². The number of thiazole rings is 1. The van der Waals surface area contributed by atoms with Gasteiger partial charge >= 0.3 is 0 Å². The minimum atomic E-state index is 0.0226. The average Bonchev–Trinajstić information content (AvgIpc) is 3.23. The summed E-state index contributed by atoms with van der Waals surface area (Å²) in [6, 6.07) is 8.34.